The van der Waals surface area contributed by atoms with Gasteiger partial charge in [0.1, 0.15) is 5.82 Å². The van der Waals surface area contributed by atoms with Crippen LogP contribution in [0.4, 0.5) is 5.82 Å². The Morgan fingerprint density at radius 3 is 3.15 bits per heavy atom. The van der Waals surface area contributed by atoms with Crippen molar-refractivity contribution < 1.29 is 0 Å². The van der Waals surface area contributed by atoms with E-state index in [1.807, 2.05) is 6.92 Å². The van der Waals surface area contributed by atoms with Crippen molar-refractivity contribution in [3.05, 3.63) is 36.0 Å². The van der Waals surface area contributed by atoms with E-state index in [0.717, 1.165) is 5.57 Å². The quantitative estimate of drug-likeness (QED) is 0.710. The molecular weight excluding hydrogens is 162 g/mol. The van der Waals surface area contributed by atoms with E-state index in [9.17, 15) is 0 Å². The Morgan fingerprint density at radius 1 is 1.77 bits per heavy atom. The Labute approximate surface area is 77.7 Å². The van der Waals surface area contributed by atoms with Crippen LogP contribution in [-0.4, -0.2) is 11.5 Å². The van der Waals surface area contributed by atoms with Gasteiger partial charge in [0.2, 0.25) is 0 Å². The molecular formula is C10H11N3. The molecule has 3 heteroatoms. The first-order valence-corrected chi connectivity index (χ1v) is 3.97. The van der Waals surface area contributed by atoms with Gasteiger partial charge < -0.3 is 5.32 Å². The molecule has 1 heterocycles. The number of hydrogen-bond donors (Lipinski definition) is 1. The van der Waals surface area contributed by atoms with Gasteiger partial charge in [0.25, 0.3) is 0 Å². The predicted octanol–water partition coefficient (Wildman–Crippen LogP) is 1.94. The lowest BCUT2D eigenvalue weighted by atomic mass is 10.3. The van der Waals surface area contributed by atoms with Gasteiger partial charge >= 0.3 is 0 Å². The predicted molar refractivity (Wildman–Crippen MR) is 52.3 cm³/mol. The second-order valence-electron chi connectivity index (χ2n) is 2.85. The molecule has 1 aromatic heterocycles. The second-order valence-corrected chi connectivity index (χ2v) is 2.85. The molecule has 0 aliphatic rings. The average Bonchev–Trinajstić information content (AvgIpc) is 2.15. The van der Waals surface area contributed by atoms with Crippen molar-refractivity contribution in [3.63, 3.8) is 0 Å². The second kappa shape index (κ2) is 4.27. The molecule has 0 aliphatic carbocycles. The van der Waals surface area contributed by atoms with E-state index in [-0.39, 0.29) is 0 Å². The van der Waals surface area contributed by atoms with Crippen LogP contribution in [-0.2, 0) is 0 Å². The molecule has 0 fully saturated rings. The Morgan fingerprint density at radius 2 is 2.54 bits per heavy atom. The van der Waals surface area contributed by atoms with Gasteiger partial charge in [-0.1, -0.05) is 12.2 Å². The van der Waals surface area contributed by atoms with Gasteiger partial charge in [-0.05, 0) is 19.1 Å². The lowest BCUT2D eigenvalue weighted by molar-refractivity contribution is 1.16. The van der Waals surface area contributed by atoms with E-state index >= 15 is 0 Å². The van der Waals surface area contributed by atoms with Crippen LogP contribution in [0.15, 0.2) is 30.5 Å². The van der Waals surface area contributed by atoms with Crippen molar-refractivity contribution in [1.29, 1.82) is 5.26 Å². The van der Waals surface area contributed by atoms with E-state index in [1.165, 1.54) is 0 Å². The molecule has 13 heavy (non-hydrogen) atoms. The summed E-state index contributed by atoms with van der Waals surface area (Å²) in [6, 6.07) is 5.44. The van der Waals surface area contributed by atoms with Crippen LogP contribution in [0.2, 0.25) is 0 Å². The molecule has 0 amide bonds. The summed E-state index contributed by atoms with van der Waals surface area (Å²) in [6.45, 7) is 6.37. The van der Waals surface area contributed by atoms with Crippen molar-refractivity contribution in [2.45, 2.75) is 6.92 Å². The Hall–Kier alpha value is -1.82. The number of nitrogens with one attached hydrogen (secondary N) is 1. The Kier molecular flexibility index (Phi) is 3.04. The van der Waals surface area contributed by atoms with Gasteiger partial charge in [-0.3, -0.25) is 0 Å². The van der Waals surface area contributed by atoms with Crippen molar-refractivity contribution >= 4 is 5.82 Å². The SMILES string of the molecule is C=C(C)CNc1cc(C#N)ccn1. The van der Waals surface area contributed by atoms with Crippen molar-refractivity contribution in [3.8, 4) is 6.07 Å². The van der Waals surface area contributed by atoms with E-state index in [2.05, 4.69) is 22.9 Å². The molecule has 0 bridgehead atoms. The van der Waals surface area contributed by atoms with Crippen LogP contribution in [0, 0.1) is 11.3 Å². The van der Waals surface area contributed by atoms with Crippen molar-refractivity contribution in [2.75, 3.05) is 11.9 Å². The molecule has 0 atom stereocenters. The zero-order valence-electron chi connectivity index (χ0n) is 7.54. The molecule has 1 aromatic rings. The van der Waals surface area contributed by atoms with Crippen LogP contribution < -0.4 is 5.32 Å². The topological polar surface area (TPSA) is 48.7 Å². The fraction of sp³-hybridized carbons (Fsp3) is 0.200. The largest absolute Gasteiger partial charge is 0.366 e. The van der Waals surface area contributed by atoms with Crippen LogP contribution in [0.5, 0.6) is 0 Å². The first kappa shape index (κ1) is 9.27. The summed E-state index contributed by atoms with van der Waals surface area (Å²) in [4.78, 5) is 4.06. The van der Waals surface area contributed by atoms with E-state index in [4.69, 9.17) is 5.26 Å². The molecule has 0 saturated carbocycles. The number of aromatic nitrogens is 1. The maximum atomic E-state index is 8.62. The zero-order chi connectivity index (χ0) is 9.68. The third kappa shape index (κ3) is 2.96. The summed E-state index contributed by atoms with van der Waals surface area (Å²) in [7, 11) is 0. The number of pyridine rings is 1. The monoisotopic (exact) mass is 173 g/mol. The normalized spacial score (nSPS) is 8.92. The van der Waals surface area contributed by atoms with Crippen LogP contribution in [0.3, 0.4) is 0 Å². The number of nitrogens with zero attached hydrogens (tertiary/aromatic N) is 2. The van der Waals surface area contributed by atoms with E-state index < -0.39 is 0 Å². The number of hydrogen-bond acceptors (Lipinski definition) is 3. The summed E-state index contributed by atoms with van der Waals surface area (Å²) in [5.41, 5.74) is 1.64. The molecule has 0 saturated heterocycles. The van der Waals surface area contributed by atoms with Crippen molar-refractivity contribution in [1.82, 2.24) is 4.98 Å². The fourth-order valence-electron chi connectivity index (χ4n) is 0.838. The van der Waals surface area contributed by atoms with E-state index in [0.29, 0.717) is 17.9 Å². The Balaban J connectivity index is 2.68. The van der Waals surface area contributed by atoms with Crippen molar-refractivity contribution in [2.24, 2.45) is 0 Å². The first-order chi connectivity index (χ1) is 6.22. The van der Waals surface area contributed by atoms with E-state index in [1.54, 1.807) is 18.3 Å². The molecule has 0 unspecified atom stereocenters. The minimum absolute atomic E-state index is 0.610. The summed E-state index contributed by atoms with van der Waals surface area (Å²) in [5, 5.41) is 11.7. The summed E-state index contributed by atoms with van der Waals surface area (Å²) in [5.74, 6) is 0.710. The van der Waals surface area contributed by atoms with Crippen LogP contribution in [0.1, 0.15) is 12.5 Å². The molecule has 0 spiro atoms. The van der Waals surface area contributed by atoms with Gasteiger partial charge in [0, 0.05) is 12.7 Å². The highest BCUT2D eigenvalue weighted by Crippen LogP contribution is 2.05. The summed E-state index contributed by atoms with van der Waals surface area (Å²) < 4.78 is 0. The molecule has 0 radical (unpaired) electrons. The number of rotatable bonds is 3. The lowest BCUT2D eigenvalue weighted by Gasteiger charge is -2.03. The molecule has 0 aliphatic heterocycles. The minimum Gasteiger partial charge on any atom is -0.366 e. The molecule has 1 N–H and O–H groups in total. The highest BCUT2D eigenvalue weighted by Gasteiger charge is 1.94. The maximum absolute atomic E-state index is 8.62. The highest BCUT2D eigenvalue weighted by molar-refractivity contribution is 5.42. The fourth-order valence-corrected chi connectivity index (χ4v) is 0.838. The van der Waals surface area contributed by atoms with Gasteiger partial charge in [-0.2, -0.15) is 5.26 Å². The molecule has 0 aromatic carbocycles. The van der Waals surface area contributed by atoms with Gasteiger partial charge in [-0.25, -0.2) is 4.98 Å². The molecule has 3 nitrogen and oxygen atoms in total. The van der Waals surface area contributed by atoms with Crippen LogP contribution >= 0.6 is 0 Å². The van der Waals surface area contributed by atoms with Gasteiger partial charge in [0.15, 0.2) is 0 Å². The maximum Gasteiger partial charge on any atom is 0.127 e. The number of nitriles is 1. The summed E-state index contributed by atoms with van der Waals surface area (Å²) >= 11 is 0. The smallest absolute Gasteiger partial charge is 0.127 e. The first-order valence-electron chi connectivity index (χ1n) is 3.97. The standard InChI is InChI=1S/C10H11N3/c1-8(2)7-13-10-5-9(6-11)3-4-12-10/h3-5H,1,7H2,2H3,(H,12,13). The third-order valence-electron chi connectivity index (χ3n) is 1.46. The lowest BCUT2D eigenvalue weighted by Crippen LogP contribution is -2.03. The van der Waals surface area contributed by atoms with Gasteiger partial charge in [0.05, 0.1) is 11.6 Å². The number of anilines is 1. The summed E-state index contributed by atoms with van der Waals surface area (Å²) in [6.07, 6.45) is 1.61. The minimum atomic E-state index is 0.610. The Bertz CT molecular complexity index is 349. The van der Waals surface area contributed by atoms with Crippen LogP contribution in [0.25, 0.3) is 0 Å². The van der Waals surface area contributed by atoms with Gasteiger partial charge in [-0.15, -0.1) is 0 Å². The molecule has 1 rings (SSSR count). The third-order valence-corrected chi connectivity index (χ3v) is 1.46. The highest BCUT2D eigenvalue weighted by atomic mass is 15.0. The zero-order valence-corrected chi connectivity index (χ0v) is 7.54. The molecule has 66 valence electrons. The average molecular weight is 173 g/mol.